The zero-order valence-corrected chi connectivity index (χ0v) is 9.03. The zero-order valence-electron chi connectivity index (χ0n) is 9.03. The summed E-state index contributed by atoms with van der Waals surface area (Å²) in [5.41, 5.74) is 0.135. The van der Waals surface area contributed by atoms with E-state index in [9.17, 15) is 4.79 Å². The first kappa shape index (κ1) is 12.4. The molecule has 0 saturated heterocycles. The molecule has 1 fully saturated rings. The normalized spacial score (nSPS) is 19.9. The van der Waals surface area contributed by atoms with Crippen LogP contribution in [0.25, 0.3) is 0 Å². The predicted molar refractivity (Wildman–Crippen MR) is 54.7 cm³/mol. The van der Waals surface area contributed by atoms with E-state index in [4.69, 9.17) is 14.9 Å². The predicted octanol–water partition coefficient (Wildman–Crippen LogP) is -0.162. The molecule has 88 valence electrons. The molecule has 1 aliphatic carbocycles. The Hall–Kier alpha value is -0.650. The summed E-state index contributed by atoms with van der Waals surface area (Å²) in [6.45, 7) is 0.988. The number of hydrogen-bond donors (Lipinski definition) is 3. The van der Waals surface area contributed by atoms with E-state index in [-0.39, 0.29) is 18.6 Å². The molecule has 0 amide bonds. The van der Waals surface area contributed by atoms with Gasteiger partial charge in [-0.25, -0.2) is 0 Å². The maximum atomic E-state index is 10.8. The summed E-state index contributed by atoms with van der Waals surface area (Å²) in [7, 11) is 1.48. The van der Waals surface area contributed by atoms with Gasteiger partial charge in [-0.05, 0) is 24.7 Å². The Morgan fingerprint density at radius 3 is 2.67 bits per heavy atom. The van der Waals surface area contributed by atoms with Gasteiger partial charge in [0.15, 0.2) is 0 Å². The molecule has 3 N–H and O–H groups in total. The largest absolute Gasteiger partial charge is 0.480 e. The number of ether oxygens (including phenoxy) is 1. The fourth-order valence-corrected chi connectivity index (χ4v) is 1.65. The van der Waals surface area contributed by atoms with Gasteiger partial charge >= 0.3 is 5.97 Å². The van der Waals surface area contributed by atoms with Gasteiger partial charge in [0.2, 0.25) is 0 Å². The molecule has 0 aliphatic heterocycles. The van der Waals surface area contributed by atoms with E-state index < -0.39 is 12.0 Å². The van der Waals surface area contributed by atoms with Crippen molar-refractivity contribution in [2.75, 3.05) is 26.9 Å². The number of carboxylic acids is 1. The highest BCUT2D eigenvalue weighted by Crippen LogP contribution is 2.47. The van der Waals surface area contributed by atoms with Crippen LogP contribution in [0.2, 0.25) is 0 Å². The maximum Gasteiger partial charge on any atom is 0.323 e. The minimum atomic E-state index is -0.892. The molecular formula is C10H19NO4. The molecule has 0 radical (unpaired) electrons. The number of aliphatic hydroxyl groups is 1. The molecule has 5 heteroatoms. The second-order valence-corrected chi connectivity index (χ2v) is 4.20. The number of nitrogens with one attached hydrogen (secondary N) is 1. The first-order chi connectivity index (χ1) is 7.13. The van der Waals surface area contributed by atoms with Crippen molar-refractivity contribution in [3.63, 3.8) is 0 Å². The van der Waals surface area contributed by atoms with Crippen LogP contribution in [-0.2, 0) is 9.53 Å². The van der Waals surface area contributed by atoms with Crippen molar-refractivity contribution in [3.05, 3.63) is 0 Å². The summed E-state index contributed by atoms with van der Waals surface area (Å²) in [5.74, 6) is -0.892. The van der Waals surface area contributed by atoms with Gasteiger partial charge in [0.25, 0.3) is 0 Å². The zero-order chi connectivity index (χ0) is 11.3. The van der Waals surface area contributed by atoms with Gasteiger partial charge in [0.05, 0.1) is 6.61 Å². The van der Waals surface area contributed by atoms with E-state index in [0.717, 1.165) is 19.3 Å². The smallest absolute Gasteiger partial charge is 0.323 e. The molecule has 0 aromatic heterocycles. The summed E-state index contributed by atoms with van der Waals surface area (Å²) < 4.78 is 4.82. The number of methoxy groups -OCH3 is 1. The van der Waals surface area contributed by atoms with E-state index in [2.05, 4.69) is 5.32 Å². The molecule has 0 spiro atoms. The van der Waals surface area contributed by atoms with Crippen molar-refractivity contribution in [2.24, 2.45) is 5.41 Å². The van der Waals surface area contributed by atoms with Gasteiger partial charge in [0, 0.05) is 20.3 Å². The quantitative estimate of drug-likeness (QED) is 0.526. The van der Waals surface area contributed by atoms with E-state index in [1.165, 1.54) is 7.11 Å². The molecule has 0 bridgehead atoms. The molecule has 0 aromatic carbocycles. The van der Waals surface area contributed by atoms with Crippen LogP contribution in [-0.4, -0.2) is 49.1 Å². The molecule has 5 nitrogen and oxygen atoms in total. The SMILES string of the molecule is COCC(NCC1(CCO)CC1)C(=O)O. The molecule has 1 atom stereocenters. The summed E-state index contributed by atoms with van der Waals surface area (Å²) in [6.07, 6.45) is 2.89. The minimum absolute atomic E-state index is 0.135. The van der Waals surface area contributed by atoms with Gasteiger partial charge < -0.3 is 20.3 Å². The lowest BCUT2D eigenvalue weighted by Gasteiger charge is -2.18. The fraction of sp³-hybridized carbons (Fsp3) is 0.900. The number of carbonyl (C=O) groups is 1. The van der Waals surface area contributed by atoms with Gasteiger partial charge in [-0.15, -0.1) is 0 Å². The van der Waals surface area contributed by atoms with Crippen molar-refractivity contribution >= 4 is 5.97 Å². The van der Waals surface area contributed by atoms with Crippen LogP contribution in [0.5, 0.6) is 0 Å². The molecule has 1 aliphatic rings. The van der Waals surface area contributed by atoms with Crippen LogP contribution < -0.4 is 5.32 Å². The molecule has 1 saturated carbocycles. The Labute approximate surface area is 89.4 Å². The topological polar surface area (TPSA) is 78.8 Å². The fourth-order valence-electron chi connectivity index (χ4n) is 1.65. The van der Waals surface area contributed by atoms with Crippen molar-refractivity contribution in [1.82, 2.24) is 5.32 Å². The number of rotatable bonds is 8. The Balaban J connectivity index is 2.30. The van der Waals surface area contributed by atoms with E-state index >= 15 is 0 Å². The van der Waals surface area contributed by atoms with E-state index in [1.54, 1.807) is 0 Å². The number of aliphatic carboxylic acids is 1. The van der Waals surface area contributed by atoms with Gasteiger partial charge in [0.1, 0.15) is 6.04 Å². The standard InChI is InChI=1S/C10H19NO4/c1-15-6-8(9(13)14)11-7-10(2-3-10)4-5-12/h8,11-12H,2-7H2,1H3,(H,13,14). The van der Waals surface area contributed by atoms with Crippen LogP contribution in [0.3, 0.4) is 0 Å². The lowest BCUT2D eigenvalue weighted by molar-refractivity contribution is -0.140. The van der Waals surface area contributed by atoms with Crippen molar-refractivity contribution < 1.29 is 19.7 Å². The van der Waals surface area contributed by atoms with Crippen molar-refractivity contribution in [3.8, 4) is 0 Å². The second kappa shape index (κ2) is 5.44. The first-order valence-corrected chi connectivity index (χ1v) is 5.19. The number of carboxylic acid groups (broad SMARTS) is 1. The van der Waals surface area contributed by atoms with Crippen LogP contribution in [0.15, 0.2) is 0 Å². The average molecular weight is 217 g/mol. The lowest BCUT2D eigenvalue weighted by Crippen LogP contribution is -2.43. The third-order valence-electron chi connectivity index (χ3n) is 2.95. The highest BCUT2D eigenvalue weighted by molar-refractivity contribution is 5.73. The highest BCUT2D eigenvalue weighted by Gasteiger charge is 2.42. The molecule has 1 unspecified atom stereocenters. The number of aliphatic hydroxyl groups excluding tert-OH is 1. The highest BCUT2D eigenvalue weighted by atomic mass is 16.5. The summed E-state index contributed by atoms with van der Waals surface area (Å²) >= 11 is 0. The lowest BCUT2D eigenvalue weighted by atomic mass is 10.0. The van der Waals surface area contributed by atoms with Crippen LogP contribution in [0.1, 0.15) is 19.3 Å². The molecule has 1 rings (SSSR count). The second-order valence-electron chi connectivity index (χ2n) is 4.20. The molecular weight excluding hydrogens is 198 g/mol. The maximum absolute atomic E-state index is 10.8. The van der Waals surface area contributed by atoms with Crippen LogP contribution in [0.4, 0.5) is 0 Å². The summed E-state index contributed by atoms with van der Waals surface area (Å²) in [6, 6.07) is -0.647. The molecule has 0 heterocycles. The van der Waals surface area contributed by atoms with Gasteiger partial charge in [-0.2, -0.15) is 0 Å². The third-order valence-corrected chi connectivity index (χ3v) is 2.95. The van der Waals surface area contributed by atoms with Gasteiger partial charge in [-0.1, -0.05) is 0 Å². The van der Waals surface area contributed by atoms with Crippen molar-refractivity contribution in [1.29, 1.82) is 0 Å². The Bertz CT molecular complexity index is 215. The van der Waals surface area contributed by atoms with E-state index in [0.29, 0.717) is 6.54 Å². The van der Waals surface area contributed by atoms with Crippen molar-refractivity contribution in [2.45, 2.75) is 25.3 Å². The molecule has 15 heavy (non-hydrogen) atoms. The Morgan fingerprint density at radius 1 is 1.60 bits per heavy atom. The minimum Gasteiger partial charge on any atom is -0.480 e. The third kappa shape index (κ3) is 3.77. The Morgan fingerprint density at radius 2 is 2.27 bits per heavy atom. The molecule has 0 aromatic rings. The average Bonchev–Trinajstić information content (AvgIpc) is 2.93. The summed E-state index contributed by atoms with van der Waals surface area (Å²) in [5, 5.41) is 20.7. The van der Waals surface area contributed by atoms with Gasteiger partial charge in [-0.3, -0.25) is 4.79 Å². The van der Waals surface area contributed by atoms with E-state index in [1.807, 2.05) is 0 Å². The summed E-state index contributed by atoms with van der Waals surface area (Å²) in [4.78, 5) is 10.8. The Kier molecular flexibility index (Phi) is 4.50. The monoisotopic (exact) mass is 217 g/mol. The van der Waals surface area contributed by atoms with Crippen LogP contribution >= 0.6 is 0 Å². The van der Waals surface area contributed by atoms with Crippen LogP contribution in [0, 0.1) is 5.41 Å². The first-order valence-electron chi connectivity index (χ1n) is 5.19. The number of hydrogen-bond acceptors (Lipinski definition) is 4.